The fourth-order valence-electron chi connectivity index (χ4n) is 3.29. The maximum atomic E-state index is 12.7. The minimum Gasteiger partial charge on any atom is -0.496 e. The van der Waals surface area contributed by atoms with E-state index >= 15 is 0 Å². The second-order valence-electron chi connectivity index (χ2n) is 6.63. The Balaban J connectivity index is 1.85. The van der Waals surface area contributed by atoms with Gasteiger partial charge in [0.25, 0.3) is 0 Å². The number of amides is 1. The predicted octanol–water partition coefficient (Wildman–Crippen LogP) is 4.77. The SMILES string of the molecule is COC(=O)c1cc2ccccc2cc1NC(=O)CC(C)c1ccccc1OC. The lowest BCUT2D eigenvalue weighted by Gasteiger charge is -2.16. The van der Waals surface area contributed by atoms with Crippen LogP contribution in [0, 0.1) is 0 Å². The Bertz CT molecular complexity index is 1010. The Hall–Kier alpha value is -3.34. The van der Waals surface area contributed by atoms with Crippen molar-refractivity contribution in [2.24, 2.45) is 0 Å². The first-order valence-corrected chi connectivity index (χ1v) is 9.07. The van der Waals surface area contributed by atoms with Gasteiger partial charge in [-0.2, -0.15) is 0 Å². The molecule has 3 aromatic rings. The van der Waals surface area contributed by atoms with Crippen LogP contribution >= 0.6 is 0 Å². The van der Waals surface area contributed by atoms with E-state index in [0.717, 1.165) is 22.1 Å². The third-order valence-corrected chi connectivity index (χ3v) is 4.73. The van der Waals surface area contributed by atoms with Crippen LogP contribution in [0.25, 0.3) is 10.8 Å². The van der Waals surface area contributed by atoms with Gasteiger partial charge >= 0.3 is 5.97 Å². The Kier molecular flexibility index (Phi) is 5.94. The van der Waals surface area contributed by atoms with Crippen LogP contribution in [0.2, 0.25) is 0 Å². The largest absolute Gasteiger partial charge is 0.496 e. The summed E-state index contributed by atoms with van der Waals surface area (Å²) < 4.78 is 10.3. The molecule has 5 nitrogen and oxygen atoms in total. The topological polar surface area (TPSA) is 64.6 Å². The summed E-state index contributed by atoms with van der Waals surface area (Å²) >= 11 is 0. The zero-order valence-corrected chi connectivity index (χ0v) is 16.2. The minimum absolute atomic E-state index is 0.0433. The van der Waals surface area contributed by atoms with Crippen molar-refractivity contribution < 1.29 is 19.1 Å². The second kappa shape index (κ2) is 8.57. The molecule has 0 aliphatic heterocycles. The van der Waals surface area contributed by atoms with Crippen LogP contribution in [-0.4, -0.2) is 26.1 Å². The maximum Gasteiger partial charge on any atom is 0.339 e. The lowest BCUT2D eigenvalue weighted by atomic mass is 9.96. The summed E-state index contributed by atoms with van der Waals surface area (Å²) in [6, 6.07) is 18.8. The van der Waals surface area contributed by atoms with Crippen molar-refractivity contribution in [1.29, 1.82) is 0 Å². The molecule has 1 N–H and O–H groups in total. The van der Waals surface area contributed by atoms with Gasteiger partial charge in [0.15, 0.2) is 0 Å². The lowest BCUT2D eigenvalue weighted by Crippen LogP contribution is -2.17. The first-order chi connectivity index (χ1) is 13.5. The normalized spacial score (nSPS) is 11.7. The van der Waals surface area contributed by atoms with Gasteiger partial charge in [0.05, 0.1) is 25.5 Å². The molecule has 3 rings (SSSR count). The number of ether oxygens (including phenoxy) is 2. The Labute approximate surface area is 164 Å². The van der Waals surface area contributed by atoms with Crippen LogP contribution in [0.3, 0.4) is 0 Å². The van der Waals surface area contributed by atoms with Gasteiger partial charge in [0.2, 0.25) is 5.91 Å². The summed E-state index contributed by atoms with van der Waals surface area (Å²) in [7, 11) is 2.94. The molecule has 0 bridgehead atoms. The number of anilines is 1. The van der Waals surface area contributed by atoms with E-state index in [1.807, 2.05) is 55.5 Å². The number of methoxy groups -OCH3 is 2. The first-order valence-electron chi connectivity index (χ1n) is 9.07. The molecule has 0 saturated heterocycles. The van der Waals surface area contributed by atoms with Crippen LogP contribution in [0.15, 0.2) is 60.7 Å². The fourth-order valence-corrected chi connectivity index (χ4v) is 3.29. The maximum absolute atomic E-state index is 12.7. The Morgan fingerprint density at radius 2 is 1.61 bits per heavy atom. The average Bonchev–Trinajstić information content (AvgIpc) is 2.72. The lowest BCUT2D eigenvalue weighted by molar-refractivity contribution is -0.116. The molecule has 0 aliphatic carbocycles. The molecule has 0 spiro atoms. The third kappa shape index (κ3) is 4.14. The molecule has 0 aliphatic rings. The van der Waals surface area contributed by atoms with Gasteiger partial charge in [-0.05, 0) is 40.5 Å². The Morgan fingerprint density at radius 1 is 0.964 bits per heavy atom. The molecule has 3 aromatic carbocycles. The highest BCUT2D eigenvalue weighted by Gasteiger charge is 2.18. The van der Waals surface area contributed by atoms with Crippen molar-refractivity contribution in [3.05, 3.63) is 71.8 Å². The number of carbonyl (C=O) groups is 2. The van der Waals surface area contributed by atoms with Gasteiger partial charge in [0, 0.05) is 6.42 Å². The van der Waals surface area contributed by atoms with Gasteiger partial charge < -0.3 is 14.8 Å². The molecule has 0 aromatic heterocycles. The molecule has 0 heterocycles. The summed E-state index contributed by atoms with van der Waals surface area (Å²) in [6.45, 7) is 1.97. The van der Waals surface area contributed by atoms with Gasteiger partial charge in [0.1, 0.15) is 5.75 Å². The number of carbonyl (C=O) groups excluding carboxylic acids is 2. The van der Waals surface area contributed by atoms with E-state index in [9.17, 15) is 9.59 Å². The third-order valence-electron chi connectivity index (χ3n) is 4.73. The fraction of sp³-hybridized carbons (Fsp3) is 0.217. The van der Waals surface area contributed by atoms with Crippen LogP contribution < -0.4 is 10.1 Å². The van der Waals surface area contributed by atoms with Crippen molar-refractivity contribution in [2.75, 3.05) is 19.5 Å². The smallest absolute Gasteiger partial charge is 0.339 e. The molecule has 28 heavy (non-hydrogen) atoms. The number of nitrogens with one attached hydrogen (secondary N) is 1. The predicted molar refractivity (Wildman–Crippen MR) is 110 cm³/mol. The van der Waals surface area contributed by atoms with Crippen molar-refractivity contribution in [3.8, 4) is 5.75 Å². The van der Waals surface area contributed by atoms with E-state index in [-0.39, 0.29) is 18.2 Å². The molecule has 1 unspecified atom stereocenters. The number of rotatable bonds is 6. The molecule has 1 atom stereocenters. The monoisotopic (exact) mass is 377 g/mol. The van der Waals surface area contributed by atoms with E-state index in [2.05, 4.69) is 5.32 Å². The number of hydrogen-bond acceptors (Lipinski definition) is 4. The van der Waals surface area contributed by atoms with Gasteiger partial charge in [-0.1, -0.05) is 49.4 Å². The molecule has 1 amide bonds. The molecule has 0 saturated carbocycles. The second-order valence-corrected chi connectivity index (χ2v) is 6.63. The number of benzene rings is 3. The highest BCUT2D eigenvalue weighted by Crippen LogP contribution is 2.30. The summed E-state index contributed by atoms with van der Waals surface area (Å²) in [6.07, 6.45) is 0.258. The van der Waals surface area contributed by atoms with Gasteiger partial charge in [-0.3, -0.25) is 4.79 Å². The zero-order valence-electron chi connectivity index (χ0n) is 16.2. The minimum atomic E-state index is -0.487. The molecule has 0 fully saturated rings. The highest BCUT2D eigenvalue weighted by atomic mass is 16.5. The van der Waals surface area contributed by atoms with Crippen LogP contribution in [0.4, 0.5) is 5.69 Å². The van der Waals surface area contributed by atoms with E-state index in [0.29, 0.717) is 11.3 Å². The number of para-hydroxylation sites is 1. The van der Waals surface area contributed by atoms with E-state index in [1.54, 1.807) is 19.2 Å². The van der Waals surface area contributed by atoms with Crippen molar-refractivity contribution >= 4 is 28.3 Å². The average molecular weight is 377 g/mol. The molecule has 144 valence electrons. The summed E-state index contributed by atoms with van der Waals surface area (Å²) in [5.41, 5.74) is 1.74. The quantitative estimate of drug-likeness (QED) is 0.629. The van der Waals surface area contributed by atoms with Crippen molar-refractivity contribution in [3.63, 3.8) is 0 Å². The molecule has 0 radical (unpaired) electrons. The Morgan fingerprint density at radius 3 is 2.29 bits per heavy atom. The van der Waals surface area contributed by atoms with Crippen molar-refractivity contribution in [2.45, 2.75) is 19.3 Å². The molecular weight excluding hydrogens is 354 g/mol. The number of hydrogen-bond donors (Lipinski definition) is 1. The first kappa shape index (κ1) is 19.4. The van der Waals surface area contributed by atoms with Gasteiger partial charge in [-0.15, -0.1) is 0 Å². The number of fused-ring (bicyclic) bond motifs is 1. The van der Waals surface area contributed by atoms with E-state index in [4.69, 9.17) is 9.47 Å². The summed E-state index contributed by atoms with van der Waals surface area (Å²) in [5.74, 6) is 0.0413. The molecule has 5 heteroatoms. The summed E-state index contributed by atoms with van der Waals surface area (Å²) in [5, 5.41) is 4.71. The molecular formula is C23H23NO4. The number of esters is 1. The summed E-state index contributed by atoms with van der Waals surface area (Å²) in [4.78, 5) is 24.9. The van der Waals surface area contributed by atoms with E-state index in [1.165, 1.54) is 7.11 Å². The van der Waals surface area contributed by atoms with Crippen LogP contribution in [0.1, 0.15) is 35.2 Å². The zero-order chi connectivity index (χ0) is 20.1. The van der Waals surface area contributed by atoms with Crippen LogP contribution in [0.5, 0.6) is 5.75 Å². The van der Waals surface area contributed by atoms with E-state index < -0.39 is 5.97 Å². The standard InChI is InChI=1S/C23H23NO4/c1-15(18-10-6-7-11-21(18)27-2)12-22(25)24-20-14-17-9-5-4-8-16(17)13-19(20)23(26)28-3/h4-11,13-15H,12H2,1-3H3,(H,24,25). The van der Waals surface area contributed by atoms with Crippen LogP contribution in [-0.2, 0) is 9.53 Å². The highest BCUT2D eigenvalue weighted by molar-refractivity contribution is 6.05. The van der Waals surface area contributed by atoms with Gasteiger partial charge in [-0.25, -0.2) is 4.79 Å². The van der Waals surface area contributed by atoms with Crippen molar-refractivity contribution in [1.82, 2.24) is 0 Å².